The quantitative estimate of drug-likeness (QED) is 0.503. The first-order valence-electron chi connectivity index (χ1n) is 10.9. The minimum absolute atomic E-state index is 0.0905. The lowest BCUT2D eigenvalue weighted by Gasteiger charge is -2.29. The summed E-state index contributed by atoms with van der Waals surface area (Å²) in [6.45, 7) is 0. The Morgan fingerprint density at radius 2 is 2.03 bits per heavy atom. The molecule has 0 radical (unpaired) electrons. The van der Waals surface area contributed by atoms with Crippen LogP contribution in [-0.2, 0) is 7.05 Å². The molecule has 170 valence electrons. The lowest BCUT2D eigenvalue weighted by atomic mass is 9.91. The highest BCUT2D eigenvalue weighted by Gasteiger charge is 2.25. The molecule has 0 spiro atoms. The molecule has 0 aliphatic heterocycles. The van der Waals surface area contributed by atoms with Crippen LogP contribution in [0.3, 0.4) is 0 Å². The average Bonchev–Trinajstić information content (AvgIpc) is 3.50. The second-order valence-corrected chi connectivity index (χ2v) is 8.35. The van der Waals surface area contributed by atoms with Gasteiger partial charge in [0.05, 0.1) is 24.2 Å². The molecule has 1 N–H and O–H groups in total. The molecule has 4 aromatic rings. The average molecular weight is 447 g/mol. The highest BCUT2D eigenvalue weighted by molar-refractivity contribution is 6.01. The first-order valence-corrected chi connectivity index (χ1v) is 10.9. The molecule has 10 nitrogen and oxygen atoms in total. The number of nitrogens with one attached hydrogen (secondary N) is 1. The number of aromatic nitrogens is 6. The van der Waals surface area contributed by atoms with Crippen LogP contribution >= 0.6 is 0 Å². The van der Waals surface area contributed by atoms with Gasteiger partial charge < -0.3 is 14.6 Å². The number of amides is 1. The van der Waals surface area contributed by atoms with Crippen molar-refractivity contribution in [2.75, 3.05) is 7.11 Å². The number of fused-ring (bicyclic) bond motifs is 1. The SMILES string of the molecule is COc1cc2nn(-c3cccn(C)c3=O)cc2cc1C(=O)NC1CCC(n2cncn2)CC1. The fraction of sp³-hybridized carbons (Fsp3) is 0.348. The number of nitrogens with zero attached hydrogens (tertiary/aromatic N) is 6. The minimum Gasteiger partial charge on any atom is -0.496 e. The van der Waals surface area contributed by atoms with Crippen molar-refractivity contribution in [1.82, 2.24) is 34.4 Å². The molecule has 33 heavy (non-hydrogen) atoms. The number of carbonyl (C=O) groups is 1. The van der Waals surface area contributed by atoms with E-state index in [2.05, 4.69) is 20.5 Å². The van der Waals surface area contributed by atoms with Crippen LogP contribution in [0.15, 0.2) is 54.1 Å². The van der Waals surface area contributed by atoms with Crippen molar-refractivity contribution in [3.05, 3.63) is 65.2 Å². The fourth-order valence-electron chi connectivity index (χ4n) is 4.43. The predicted molar refractivity (Wildman–Crippen MR) is 122 cm³/mol. The normalized spacial score (nSPS) is 18.4. The molecular formula is C23H25N7O3. The van der Waals surface area contributed by atoms with Crippen molar-refractivity contribution in [1.29, 1.82) is 0 Å². The molecule has 3 heterocycles. The molecule has 1 aliphatic carbocycles. The lowest BCUT2D eigenvalue weighted by molar-refractivity contribution is 0.0919. The fourth-order valence-corrected chi connectivity index (χ4v) is 4.43. The number of benzene rings is 1. The molecule has 1 aromatic carbocycles. The van der Waals surface area contributed by atoms with Gasteiger partial charge in [-0.15, -0.1) is 0 Å². The van der Waals surface area contributed by atoms with Crippen molar-refractivity contribution >= 4 is 16.8 Å². The van der Waals surface area contributed by atoms with Crippen LogP contribution in [0.1, 0.15) is 42.1 Å². The van der Waals surface area contributed by atoms with Crippen molar-refractivity contribution in [2.45, 2.75) is 37.8 Å². The maximum atomic E-state index is 13.1. The van der Waals surface area contributed by atoms with E-state index in [0.29, 0.717) is 28.6 Å². The first-order chi connectivity index (χ1) is 16.0. The molecule has 1 fully saturated rings. The summed E-state index contributed by atoms with van der Waals surface area (Å²) in [5.74, 6) is 0.267. The van der Waals surface area contributed by atoms with E-state index in [4.69, 9.17) is 4.74 Å². The van der Waals surface area contributed by atoms with Gasteiger partial charge in [0.15, 0.2) is 0 Å². The Kier molecular flexibility index (Phi) is 5.41. The molecule has 3 aromatic heterocycles. The minimum atomic E-state index is -0.179. The predicted octanol–water partition coefficient (Wildman–Crippen LogP) is 2.24. The first kappa shape index (κ1) is 20.9. The Hall–Kier alpha value is -3.95. The van der Waals surface area contributed by atoms with E-state index in [-0.39, 0.29) is 17.5 Å². The molecule has 0 bridgehead atoms. The van der Waals surface area contributed by atoms with E-state index in [0.717, 1.165) is 31.1 Å². The number of ether oxygens (including phenoxy) is 1. The van der Waals surface area contributed by atoms with Crippen molar-refractivity contribution in [3.63, 3.8) is 0 Å². The van der Waals surface area contributed by atoms with E-state index in [1.165, 1.54) is 11.7 Å². The van der Waals surface area contributed by atoms with Crippen LogP contribution in [0.25, 0.3) is 16.6 Å². The van der Waals surface area contributed by atoms with Crippen molar-refractivity contribution in [3.8, 4) is 11.4 Å². The monoisotopic (exact) mass is 447 g/mol. The summed E-state index contributed by atoms with van der Waals surface area (Å²) in [5.41, 5.74) is 1.37. The summed E-state index contributed by atoms with van der Waals surface area (Å²) >= 11 is 0. The van der Waals surface area contributed by atoms with E-state index >= 15 is 0 Å². The second kappa shape index (κ2) is 8.53. The summed E-state index contributed by atoms with van der Waals surface area (Å²) < 4.78 is 10.4. The van der Waals surface area contributed by atoms with Gasteiger partial charge >= 0.3 is 0 Å². The largest absolute Gasteiger partial charge is 0.496 e. The number of carbonyl (C=O) groups excluding carboxylic acids is 1. The second-order valence-electron chi connectivity index (χ2n) is 8.35. The third kappa shape index (κ3) is 3.99. The smallest absolute Gasteiger partial charge is 0.276 e. The van der Waals surface area contributed by atoms with Crippen LogP contribution in [-0.4, -0.2) is 48.2 Å². The zero-order valence-electron chi connectivity index (χ0n) is 18.5. The molecule has 1 aliphatic rings. The van der Waals surface area contributed by atoms with Gasteiger partial charge in [-0.05, 0) is 43.9 Å². The van der Waals surface area contributed by atoms with E-state index in [1.807, 2.05) is 4.68 Å². The lowest BCUT2D eigenvalue weighted by Crippen LogP contribution is -2.38. The highest BCUT2D eigenvalue weighted by Crippen LogP contribution is 2.29. The zero-order chi connectivity index (χ0) is 22.9. The number of hydrogen-bond donors (Lipinski definition) is 1. The number of rotatable bonds is 5. The van der Waals surface area contributed by atoms with Gasteiger partial charge in [-0.3, -0.25) is 9.59 Å². The molecule has 0 saturated heterocycles. The molecular weight excluding hydrogens is 422 g/mol. The Labute approximate surface area is 189 Å². The molecule has 5 rings (SSSR count). The number of methoxy groups -OCH3 is 1. The number of aryl methyl sites for hydroxylation is 1. The summed E-state index contributed by atoms with van der Waals surface area (Å²) in [5, 5.41) is 12.7. The van der Waals surface area contributed by atoms with Crippen LogP contribution < -0.4 is 15.6 Å². The molecule has 0 unspecified atom stereocenters. The van der Waals surface area contributed by atoms with Crippen molar-refractivity contribution < 1.29 is 9.53 Å². The third-order valence-corrected chi connectivity index (χ3v) is 6.26. The summed E-state index contributed by atoms with van der Waals surface area (Å²) in [7, 11) is 3.23. The maximum Gasteiger partial charge on any atom is 0.276 e. The van der Waals surface area contributed by atoms with Gasteiger partial charge in [-0.25, -0.2) is 14.3 Å². The van der Waals surface area contributed by atoms with E-state index < -0.39 is 0 Å². The van der Waals surface area contributed by atoms with E-state index in [1.54, 1.807) is 61.0 Å². The van der Waals surface area contributed by atoms with Gasteiger partial charge in [-0.1, -0.05) is 0 Å². The van der Waals surface area contributed by atoms with Crippen LogP contribution in [0, 0.1) is 0 Å². The maximum absolute atomic E-state index is 13.1. The third-order valence-electron chi connectivity index (χ3n) is 6.26. The van der Waals surface area contributed by atoms with Gasteiger partial charge in [0.2, 0.25) is 0 Å². The molecule has 1 amide bonds. The Balaban J connectivity index is 1.36. The summed E-state index contributed by atoms with van der Waals surface area (Å²) in [6.07, 6.45) is 10.4. The molecule has 1 saturated carbocycles. The van der Waals surface area contributed by atoms with Gasteiger partial charge in [0.25, 0.3) is 11.5 Å². The van der Waals surface area contributed by atoms with Crippen LogP contribution in [0.4, 0.5) is 0 Å². The topological polar surface area (TPSA) is 109 Å². The Morgan fingerprint density at radius 1 is 1.21 bits per heavy atom. The van der Waals surface area contributed by atoms with Crippen molar-refractivity contribution in [2.24, 2.45) is 7.05 Å². The number of pyridine rings is 1. The van der Waals surface area contributed by atoms with Crippen LogP contribution in [0.2, 0.25) is 0 Å². The van der Waals surface area contributed by atoms with Gasteiger partial charge in [-0.2, -0.15) is 10.2 Å². The van der Waals surface area contributed by atoms with E-state index in [9.17, 15) is 9.59 Å². The zero-order valence-corrected chi connectivity index (χ0v) is 18.5. The summed E-state index contributed by atoms with van der Waals surface area (Å²) in [4.78, 5) is 29.6. The Morgan fingerprint density at radius 3 is 2.76 bits per heavy atom. The highest BCUT2D eigenvalue weighted by atomic mass is 16.5. The number of hydrogen-bond acceptors (Lipinski definition) is 6. The van der Waals surface area contributed by atoms with Gasteiger partial charge in [0.1, 0.15) is 24.1 Å². The Bertz CT molecular complexity index is 1350. The standard InChI is InChI=1S/C23H25N7O3/c1-28-9-3-4-20(23(28)32)29-12-15-10-18(21(33-2)11-19(15)27-29)22(31)26-16-5-7-17(8-6-16)30-14-24-13-25-30/h3-4,9-14,16-17H,5-8H2,1-2H3,(H,26,31). The molecule has 10 heteroatoms. The summed E-state index contributed by atoms with van der Waals surface area (Å²) in [6, 6.07) is 7.42. The van der Waals surface area contributed by atoms with Crippen LogP contribution in [0.5, 0.6) is 5.75 Å². The van der Waals surface area contributed by atoms with Gasteiger partial charge in [0, 0.05) is 36.9 Å². The molecule has 0 atom stereocenters.